The third-order valence-corrected chi connectivity index (χ3v) is 5.74. The van der Waals surface area contributed by atoms with Crippen molar-refractivity contribution >= 4 is 28.3 Å². The van der Waals surface area contributed by atoms with Crippen LogP contribution in [0.3, 0.4) is 0 Å². The van der Waals surface area contributed by atoms with Gasteiger partial charge in [0.15, 0.2) is 5.69 Å². The van der Waals surface area contributed by atoms with Gasteiger partial charge in [0, 0.05) is 25.2 Å². The quantitative estimate of drug-likeness (QED) is 0.429. The molecule has 182 valence electrons. The van der Waals surface area contributed by atoms with Crippen molar-refractivity contribution in [1.29, 1.82) is 0 Å². The Balaban J connectivity index is 2.16. The molecule has 3 rings (SSSR count). The van der Waals surface area contributed by atoms with Gasteiger partial charge in [-0.3, -0.25) is 28.5 Å². The maximum absolute atomic E-state index is 13.6. The summed E-state index contributed by atoms with van der Waals surface area (Å²) in [6.45, 7) is 6.31. The number of fused-ring (bicyclic) bond motifs is 1. The summed E-state index contributed by atoms with van der Waals surface area (Å²) in [6.07, 6.45) is 2.82. The second-order valence-corrected chi connectivity index (χ2v) is 8.05. The minimum Gasteiger partial charge on any atom is -0.383 e. The van der Waals surface area contributed by atoms with E-state index in [1.807, 2.05) is 13.8 Å². The smallest absolute Gasteiger partial charge is 0.330 e. The Morgan fingerprint density at radius 3 is 2.29 bits per heavy atom. The Bertz CT molecular complexity index is 1450. The highest BCUT2D eigenvalue weighted by Crippen LogP contribution is 2.21. The van der Waals surface area contributed by atoms with Gasteiger partial charge in [-0.2, -0.15) is 0 Å². The molecule has 1 amide bonds. The number of carbonyl (C=O) groups excluding carboxylic acids is 1. The minimum atomic E-state index is -0.750. The first kappa shape index (κ1) is 24.7. The van der Waals surface area contributed by atoms with E-state index >= 15 is 0 Å². The number of carbonyl (C=O) groups is 1. The molecular formula is C23H30N6O5. The molecule has 11 heteroatoms. The van der Waals surface area contributed by atoms with Gasteiger partial charge in [-0.15, -0.1) is 0 Å². The van der Waals surface area contributed by atoms with Crippen LogP contribution < -0.4 is 33.1 Å². The molecule has 0 radical (unpaired) electrons. The third kappa shape index (κ3) is 4.59. The zero-order chi connectivity index (χ0) is 25.0. The van der Waals surface area contributed by atoms with Crippen molar-refractivity contribution < 1.29 is 4.79 Å². The number of amides is 1. The molecule has 0 atom stereocenters. The van der Waals surface area contributed by atoms with Crippen LogP contribution in [-0.4, -0.2) is 31.6 Å². The maximum Gasteiger partial charge on any atom is 0.330 e. The van der Waals surface area contributed by atoms with Crippen LogP contribution in [0.4, 0.5) is 11.5 Å². The molecule has 1 aromatic carbocycles. The number of anilines is 2. The molecule has 0 saturated heterocycles. The molecular weight excluding hydrogens is 440 g/mol. The molecule has 0 aliphatic rings. The Labute approximate surface area is 194 Å². The van der Waals surface area contributed by atoms with Crippen LogP contribution in [-0.2, 0) is 13.1 Å². The van der Waals surface area contributed by atoms with Crippen molar-refractivity contribution in [3.05, 3.63) is 65.4 Å². The molecule has 0 aliphatic heterocycles. The molecule has 0 fully saturated rings. The highest BCUT2D eigenvalue weighted by molar-refractivity contribution is 6.08. The van der Waals surface area contributed by atoms with Gasteiger partial charge in [0.2, 0.25) is 0 Å². The standard InChI is InChI=1S/C23H30N6O5/c1-4-7-11-28(17-18(24)29(12-8-5-2)23(34)26-19(17)30)20(31)14-9-10-15-16(13-14)25-22(33)27(6-3)21(15)32/h9-10,13H,4-8,11-12,24H2,1-3H3,(H,25,33)(H,26,30,34). The van der Waals surface area contributed by atoms with Crippen LogP contribution in [0.15, 0.2) is 37.4 Å². The van der Waals surface area contributed by atoms with E-state index in [0.717, 1.165) is 17.4 Å². The number of nitrogens with two attached hydrogens (primary N) is 1. The lowest BCUT2D eigenvalue weighted by Crippen LogP contribution is -2.41. The number of hydrogen-bond acceptors (Lipinski definition) is 6. The van der Waals surface area contributed by atoms with Gasteiger partial charge in [0.05, 0.1) is 10.9 Å². The Morgan fingerprint density at radius 2 is 1.65 bits per heavy atom. The summed E-state index contributed by atoms with van der Waals surface area (Å²) in [7, 11) is 0. The van der Waals surface area contributed by atoms with Gasteiger partial charge in [-0.05, 0) is 38.0 Å². The van der Waals surface area contributed by atoms with E-state index in [-0.39, 0.29) is 41.1 Å². The number of H-pyrrole nitrogens is 2. The second kappa shape index (κ2) is 10.4. The van der Waals surface area contributed by atoms with Crippen LogP contribution in [0.5, 0.6) is 0 Å². The molecule has 0 aliphatic carbocycles. The summed E-state index contributed by atoms with van der Waals surface area (Å²) >= 11 is 0. The first-order valence-electron chi connectivity index (χ1n) is 11.5. The van der Waals surface area contributed by atoms with Crippen LogP contribution in [0, 0.1) is 0 Å². The van der Waals surface area contributed by atoms with Crippen molar-refractivity contribution in [2.24, 2.45) is 0 Å². The van der Waals surface area contributed by atoms with E-state index in [2.05, 4.69) is 9.97 Å². The summed E-state index contributed by atoms with van der Waals surface area (Å²) < 4.78 is 2.33. The second-order valence-electron chi connectivity index (χ2n) is 8.05. The van der Waals surface area contributed by atoms with Gasteiger partial charge in [-0.1, -0.05) is 26.7 Å². The molecule has 4 N–H and O–H groups in total. The Hall–Kier alpha value is -3.89. The van der Waals surface area contributed by atoms with E-state index in [9.17, 15) is 24.0 Å². The SMILES string of the molecule is CCCCN(C(=O)c1ccc2c(=O)n(CC)c(=O)[nH]c2c1)c1c(N)n(CCCC)c(=O)[nH]c1=O. The van der Waals surface area contributed by atoms with Crippen molar-refractivity contribution in [3.63, 3.8) is 0 Å². The number of rotatable bonds is 9. The third-order valence-electron chi connectivity index (χ3n) is 5.74. The summed E-state index contributed by atoms with van der Waals surface area (Å²) in [5.41, 5.74) is 4.12. The van der Waals surface area contributed by atoms with E-state index in [4.69, 9.17) is 5.73 Å². The maximum atomic E-state index is 13.6. The van der Waals surface area contributed by atoms with Crippen molar-refractivity contribution in [3.8, 4) is 0 Å². The monoisotopic (exact) mass is 470 g/mol. The number of unbranched alkanes of at least 4 members (excludes halogenated alkanes) is 2. The van der Waals surface area contributed by atoms with Gasteiger partial charge < -0.3 is 15.6 Å². The number of nitrogens with one attached hydrogen (secondary N) is 2. The molecule has 2 heterocycles. The molecule has 3 aromatic rings. The molecule has 0 spiro atoms. The molecule has 0 bridgehead atoms. The van der Waals surface area contributed by atoms with Crippen molar-refractivity contribution in [1.82, 2.24) is 19.1 Å². The molecule has 2 aromatic heterocycles. The summed E-state index contributed by atoms with van der Waals surface area (Å²) in [5, 5.41) is 0.267. The molecule has 0 saturated carbocycles. The van der Waals surface area contributed by atoms with E-state index < -0.39 is 28.4 Å². The van der Waals surface area contributed by atoms with Gasteiger partial charge in [0.1, 0.15) is 5.82 Å². The Kier molecular flexibility index (Phi) is 7.54. The normalized spacial score (nSPS) is 11.1. The zero-order valence-corrected chi connectivity index (χ0v) is 19.6. The number of nitrogen functional groups attached to an aromatic ring is 1. The van der Waals surface area contributed by atoms with Crippen LogP contribution in [0.2, 0.25) is 0 Å². The van der Waals surface area contributed by atoms with Gasteiger partial charge in [0.25, 0.3) is 17.0 Å². The van der Waals surface area contributed by atoms with Crippen LogP contribution >= 0.6 is 0 Å². The number of hydrogen-bond donors (Lipinski definition) is 3. The molecule has 0 unspecified atom stereocenters. The van der Waals surface area contributed by atoms with Crippen molar-refractivity contribution in [2.45, 2.75) is 59.5 Å². The minimum absolute atomic E-state index is 0.0771. The Morgan fingerprint density at radius 1 is 0.971 bits per heavy atom. The zero-order valence-electron chi connectivity index (χ0n) is 19.6. The van der Waals surface area contributed by atoms with Crippen LogP contribution in [0.1, 0.15) is 56.8 Å². The predicted octanol–water partition coefficient (Wildman–Crippen LogP) is 1.39. The average molecular weight is 471 g/mol. The van der Waals surface area contributed by atoms with E-state index in [0.29, 0.717) is 19.4 Å². The molecule has 11 nitrogen and oxygen atoms in total. The van der Waals surface area contributed by atoms with E-state index in [1.54, 1.807) is 6.92 Å². The fourth-order valence-corrected chi connectivity index (χ4v) is 3.84. The van der Waals surface area contributed by atoms with Gasteiger partial charge in [-0.25, -0.2) is 9.59 Å². The number of aromatic nitrogens is 4. The fourth-order valence-electron chi connectivity index (χ4n) is 3.84. The highest BCUT2D eigenvalue weighted by atomic mass is 16.2. The lowest BCUT2D eigenvalue weighted by molar-refractivity contribution is 0.0986. The first-order chi connectivity index (χ1) is 16.2. The predicted molar refractivity (Wildman–Crippen MR) is 132 cm³/mol. The number of aromatic amines is 2. The topological polar surface area (TPSA) is 156 Å². The lowest BCUT2D eigenvalue weighted by atomic mass is 10.1. The average Bonchev–Trinajstić information content (AvgIpc) is 2.80. The van der Waals surface area contributed by atoms with Gasteiger partial charge >= 0.3 is 11.4 Å². The number of nitrogens with zero attached hydrogens (tertiary/aromatic N) is 3. The lowest BCUT2D eigenvalue weighted by Gasteiger charge is -2.24. The largest absolute Gasteiger partial charge is 0.383 e. The van der Waals surface area contributed by atoms with Crippen LogP contribution in [0.25, 0.3) is 10.9 Å². The first-order valence-corrected chi connectivity index (χ1v) is 11.5. The highest BCUT2D eigenvalue weighted by Gasteiger charge is 2.25. The van der Waals surface area contributed by atoms with E-state index in [1.165, 1.54) is 27.7 Å². The van der Waals surface area contributed by atoms with Crippen molar-refractivity contribution in [2.75, 3.05) is 17.2 Å². The summed E-state index contributed by atoms with van der Waals surface area (Å²) in [5.74, 6) is -0.611. The number of benzene rings is 1. The molecule has 34 heavy (non-hydrogen) atoms. The fraction of sp³-hybridized carbons (Fsp3) is 0.435. The summed E-state index contributed by atoms with van der Waals surface area (Å²) in [6, 6.07) is 4.36. The summed E-state index contributed by atoms with van der Waals surface area (Å²) in [4.78, 5) is 69.6.